The highest BCUT2D eigenvalue weighted by molar-refractivity contribution is 6.65. The normalized spacial score (nSPS) is 21.4. The van der Waals surface area contributed by atoms with Crippen LogP contribution in [0.3, 0.4) is 0 Å². The molecule has 3 rings (SSSR count). The van der Waals surface area contributed by atoms with Gasteiger partial charge in [-0.2, -0.15) is 0 Å². The highest BCUT2D eigenvalue weighted by atomic mass is 14.8. The summed E-state index contributed by atoms with van der Waals surface area (Å²) in [5.74, 6) is 2.35. The standard InChI is InChI=1S/C18H20BN/c1-18(2,3)19-13-16(14-8-4-5-9-14)12-17(20-19)15-10-6-7-11-15/h4-13,20H,1-3H3. The fourth-order valence-electron chi connectivity index (χ4n) is 2.57. The van der Waals surface area contributed by atoms with Crippen LogP contribution in [-0.4, -0.2) is 6.85 Å². The lowest BCUT2D eigenvalue weighted by Crippen LogP contribution is -2.42. The Labute approximate surface area is 122 Å². The molecule has 1 aliphatic heterocycles. The lowest BCUT2D eigenvalue weighted by Gasteiger charge is -2.32. The molecule has 0 aromatic heterocycles. The molecule has 2 radical (unpaired) electrons. The van der Waals surface area contributed by atoms with Gasteiger partial charge in [0.05, 0.1) is 0 Å². The zero-order valence-corrected chi connectivity index (χ0v) is 12.4. The van der Waals surface area contributed by atoms with Crippen LogP contribution in [0, 0.1) is 12.8 Å². The van der Waals surface area contributed by atoms with Gasteiger partial charge in [-0.1, -0.05) is 63.2 Å². The van der Waals surface area contributed by atoms with Gasteiger partial charge in [0.25, 0.3) is 6.85 Å². The van der Waals surface area contributed by atoms with Crippen molar-refractivity contribution >= 4 is 6.85 Å². The van der Waals surface area contributed by atoms with Crippen molar-refractivity contribution in [3.8, 4) is 0 Å². The minimum absolute atomic E-state index is 0.184. The molecule has 0 atom stereocenters. The zero-order valence-electron chi connectivity index (χ0n) is 12.4. The van der Waals surface area contributed by atoms with Crippen LogP contribution in [-0.2, 0) is 0 Å². The molecule has 2 aliphatic carbocycles. The molecular weight excluding hydrogens is 241 g/mol. The van der Waals surface area contributed by atoms with Gasteiger partial charge in [0.15, 0.2) is 0 Å². The molecule has 20 heavy (non-hydrogen) atoms. The molecule has 0 amide bonds. The Morgan fingerprint density at radius 1 is 0.850 bits per heavy atom. The molecule has 1 nitrogen and oxygen atoms in total. The van der Waals surface area contributed by atoms with E-state index in [0.29, 0.717) is 6.85 Å². The summed E-state index contributed by atoms with van der Waals surface area (Å²) in [7, 11) is 0. The fourth-order valence-corrected chi connectivity index (χ4v) is 2.57. The summed E-state index contributed by atoms with van der Waals surface area (Å²) in [6, 6.07) is 0. The summed E-state index contributed by atoms with van der Waals surface area (Å²) in [4.78, 5) is 0. The topological polar surface area (TPSA) is 12.0 Å². The van der Waals surface area contributed by atoms with E-state index in [0.717, 1.165) is 0 Å². The quantitative estimate of drug-likeness (QED) is 0.737. The van der Waals surface area contributed by atoms with Crippen LogP contribution >= 0.6 is 0 Å². The summed E-state index contributed by atoms with van der Waals surface area (Å²) >= 11 is 0. The SMILES string of the molecule is CC(C)(C)B1C=C(C2=CC=C[CH]2)C=C(C2=CC=C[CH]2)N1. The molecule has 0 fully saturated rings. The van der Waals surface area contributed by atoms with E-state index in [1.807, 2.05) is 0 Å². The predicted octanol–water partition coefficient (Wildman–Crippen LogP) is 4.13. The lowest BCUT2D eigenvalue weighted by molar-refractivity contribution is 0.726. The number of hydrogen-bond donors (Lipinski definition) is 1. The molecule has 0 spiro atoms. The van der Waals surface area contributed by atoms with Crippen LogP contribution in [0.15, 0.2) is 70.9 Å². The van der Waals surface area contributed by atoms with Gasteiger partial charge in [-0.15, -0.1) is 0 Å². The van der Waals surface area contributed by atoms with Crippen LogP contribution in [0.5, 0.6) is 0 Å². The van der Waals surface area contributed by atoms with Crippen molar-refractivity contribution in [1.29, 1.82) is 0 Å². The largest absolute Gasteiger partial charge is 0.424 e. The first-order valence-electron chi connectivity index (χ1n) is 7.18. The van der Waals surface area contributed by atoms with E-state index in [1.165, 1.54) is 22.4 Å². The Kier molecular flexibility index (Phi) is 3.33. The van der Waals surface area contributed by atoms with E-state index in [2.05, 4.69) is 87.3 Å². The number of nitrogens with one attached hydrogen (secondary N) is 1. The third-order valence-corrected chi connectivity index (χ3v) is 3.86. The molecule has 1 heterocycles. The van der Waals surface area contributed by atoms with E-state index < -0.39 is 0 Å². The zero-order chi connectivity index (χ0) is 14.2. The van der Waals surface area contributed by atoms with Crippen LogP contribution in [0.1, 0.15) is 20.8 Å². The molecule has 1 N–H and O–H groups in total. The first-order valence-corrected chi connectivity index (χ1v) is 7.18. The Hall–Kier alpha value is -1.70. The smallest absolute Gasteiger partial charge is 0.284 e. The van der Waals surface area contributed by atoms with E-state index in [4.69, 9.17) is 0 Å². The second-order valence-corrected chi connectivity index (χ2v) is 6.52. The van der Waals surface area contributed by atoms with E-state index in [-0.39, 0.29) is 5.31 Å². The van der Waals surface area contributed by atoms with Crippen molar-refractivity contribution in [2.45, 2.75) is 26.1 Å². The lowest BCUT2D eigenvalue weighted by atomic mass is 9.42. The summed E-state index contributed by atoms with van der Waals surface area (Å²) < 4.78 is 0. The van der Waals surface area contributed by atoms with Crippen molar-refractivity contribution in [2.75, 3.05) is 0 Å². The molecule has 0 saturated heterocycles. The Morgan fingerprint density at radius 2 is 1.50 bits per heavy atom. The highest BCUT2D eigenvalue weighted by Crippen LogP contribution is 2.34. The second kappa shape index (κ2) is 5.01. The minimum Gasteiger partial charge on any atom is -0.424 e. The third-order valence-electron chi connectivity index (χ3n) is 3.86. The molecule has 3 aliphatic rings. The van der Waals surface area contributed by atoms with Gasteiger partial charge in [0.2, 0.25) is 0 Å². The second-order valence-electron chi connectivity index (χ2n) is 6.52. The summed E-state index contributed by atoms with van der Waals surface area (Å²) in [5, 5.41) is 3.86. The van der Waals surface area contributed by atoms with Crippen molar-refractivity contribution in [1.82, 2.24) is 5.23 Å². The number of hydrogen-bond acceptors (Lipinski definition) is 1. The molecular formula is C18H20BN. The monoisotopic (exact) mass is 261 g/mol. The average molecular weight is 261 g/mol. The van der Waals surface area contributed by atoms with E-state index in [9.17, 15) is 0 Å². The van der Waals surface area contributed by atoms with Crippen LogP contribution in [0.2, 0.25) is 5.31 Å². The van der Waals surface area contributed by atoms with Crippen LogP contribution in [0.25, 0.3) is 0 Å². The van der Waals surface area contributed by atoms with Crippen LogP contribution < -0.4 is 5.23 Å². The van der Waals surface area contributed by atoms with Crippen molar-refractivity contribution in [3.05, 3.63) is 83.8 Å². The Bertz CT molecular complexity index is 591. The van der Waals surface area contributed by atoms with Gasteiger partial charge < -0.3 is 5.23 Å². The maximum Gasteiger partial charge on any atom is 0.284 e. The van der Waals surface area contributed by atoms with Gasteiger partial charge in [-0.25, -0.2) is 0 Å². The van der Waals surface area contributed by atoms with Gasteiger partial charge in [0, 0.05) is 18.5 Å². The summed E-state index contributed by atoms with van der Waals surface area (Å²) in [6.45, 7) is 7.16. The third kappa shape index (κ3) is 2.60. The predicted molar refractivity (Wildman–Crippen MR) is 87.8 cm³/mol. The van der Waals surface area contributed by atoms with Crippen molar-refractivity contribution in [2.24, 2.45) is 0 Å². The molecule has 100 valence electrons. The van der Waals surface area contributed by atoms with Crippen molar-refractivity contribution in [3.63, 3.8) is 0 Å². The number of rotatable bonds is 2. The average Bonchev–Trinajstić information content (AvgIpc) is 3.10. The summed E-state index contributed by atoms with van der Waals surface area (Å²) in [5.41, 5.74) is 5.08. The van der Waals surface area contributed by atoms with Gasteiger partial charge in [-0.3, -0.25) is 0 Å². The Morgan fingerprint density at radius 3 is 2.05 bits per heavy atom. The van der Waals surface area contributed by atoms with Gasteiger partial charge in [-0.05, 0) is 28.1 Å². The first-order chi connectivity index (χ1) is 9.54. The highest BCUT2D eigenvalue weighted by Gasteiger charge is 2.32. The van der Waals surface area contributed by atoms with Gasteiger partial charge >= 0.3 is 0 Å². The molecule has 0 aromatic rings. The molecule has 0 bridgehead atoms. The maximum absolute atomic E-state index is 3.67. The summed E-state index contributed by atoms with van der Waals surface area (Å²) in [6.07, 6.45) is 19.3. The van der Waals surface area contributed by atoms with E-state index in [1.54, 1.807) is 0 Å². The van der Waals surface area contributed by atoms with E-state index >= 15 is 0 Å². The van der Waals surface area contributed by atoms with Crippen molar-refractivity contribution < 1.29 is 0 Å². The maximum atomic E-state index is 3.67. The fraction of sp³-hybridized carbons (Fsp3) is 0.222. The van der Waals surface area contributed by atoms with Gasteiger partial charge in [0.1, 0.15) is 0 Å². The Balaban J connectivity index is 1.94. The molecule has 0 unspecified atom stereocenters. The molecule has 0 aromatic carbocycles. The molecule has 2 heteroatoms. The minimum atomic E-state index is 0.184. The number of allylic oxidation sites excluding steroid dienone is 10. The first kappa shape index (κ1) is 13.3. The molecule has 0 saturated carbocycles. The van der Waals surface area contributed by atoms with Crippen LogP contribution in [0.4, 0.5) is 0 Å².